The fourth-order valence-electron chi connectivity index (χ4n) is 2.54. The number of hydrogen-bond acceptors (Lipinski definition) is 4. The molecule has 4 nitrogen and oxygen atoms in total. The molecular weight excluding hydrogens is 333 g/mol. The van der Waals surface area contributed by atoms with Crippen LogP contribution in [-0.4, -0.2) is 23.9 Å². The van der Waals surface area contributed by atoms with Crippen molar-refractivity contribution < 1.29 is 13.8 Å². The second-order valence-corrected chi connectivity index (χ2v) is 7.71. The SMILES string of the molecule is COc1ccc(OP(OCc2ccccc2)N(C(C)C)C(C)C)cc1. The summed E-state index contributed by atoms with van der Waals surface area (Å²) in [6.45, 7) is 9.19. The summed E-state index contributed by atoms with van der Waals surface area (Å²) in [7, 11) is 0.433. The van der Waals surface area contributed by atoms with Crippen molar-refractivity contribution in [3.8, 4) is 11.5 Å². The molecule has 0 heterocycles. The zero-order valence-corrected chi connectivity index (χ0v) is 16.6. The van der Waals surface area contributed by atoms with Crippen molar-refractivity contribution in [2.75, 3.05) is 7.11 Å². The van der Waals surface area contributed by atoms with Gasteiger partial charge in [-0.05, 0) is 57.5 Å². The van der Waals surface area contributed by atoms with E-state index >= 15 is 0 Å². The summed E-state index contributed by atoms with van der Waals surface area (Å²) in [6.07, 6.45) is 0. The molecule has 0 saturated heterocycles. The van der Waals surface area contributed by atoms with Gasteiger partial charge in [0, 0.05) is 12.1 Å². The highest BCUT2D eigenvalue weighted by molar-refractivity contribution is 7.45. The van der Waals surface area contributed by atoms with Crippen molar-refractivity contribution in [2.45, 2.75) is 46.4 Å². The van der Waals surface area contributed by atoms with Crippen LogP contribution in [0.3, 0.4) is 0 Å². The first kappa shape index (κ1) is 19.7. The van der Waals surface area contributed by atoms with Gasteiger partial charge >= 0.3 is 8.53 Å². The van der Waals surface area contributed by atoms with Crippen LogP contribution in [0.15, 0.2) is 54.6 Å². The van der Waals surface area contributed by atoms with E-state index in [0.29, 0.717) is 18.7 Å². The van der Waals surface area contributed by atoms with Crippen molar-refractivity contribution in [1.29, 1.82) is 0 Å². The van der Waals surface area contributed by atoms with Gasteiger partial charge in [0.2, 0.25) is 0 Å². The Hall–Kier alpha value is -1.61. The summed E-state index contributed by atoms with van der Waals surface area (Å²) in [5, 5.41) is 0. The summed E-state index contributed by atoms with van der Waals surface area (Å²) in [5.41, 5.74) is 1.14. The molecule has 0 amide bonds. The third kappa shape index (κ3) is 6.00. The lowest BCUT2D eigenvalue weighted by molar-refractivity contribution is 0.210. The Labute approximate surface area is 152 Å². The molecule has 1 unspecified atom stereocenters. The number of ether oxygens (including phenoxy) is 1. The number of rotatable bonds is 9. The molecule has 2 aromatic rings. The molecule has 0 bridgehead atoms. The Morgan fingerprint density at radius 1 is 0.840 bits per heavy atom. The van der Waals surface area contributed by atoms with Crippen LogP contribution < -0.4 is 9.26 Å². The van der Waals surface area contributed by atoms with Crippen LogP contribution in [0.25, 0.3) is 0 Å². The van der Waals surface area contributed by atoms with E-state index in [1.807, 2.05) is 42.5 Å². The molecule has 0 N–H and O–H groups in total. The summed E-state index contributed by atoms with van der Waals surface area (Å²) >= 11 is 0. The monoisotopic (exact) mass is 361 g/mol. The Morgan fingerprint density at radius 2 is 1.40 bits per heavy atom. The van der Waals surface area contributed by atoms with Gasteiger partial charge < -0.3 is 13.8 Å². The minimum atomic E-state index is -1.22. The highest BCUT2D eigenvalue weighted by Crippen LogP contribution is 2.47. The maximum Gasteiger partial charge on any atom is 0.321 e. The molecule has 2 aromatic carbocycles. The van der Waals surface area contributed by atoms with Crippen LogP contribution >= 0.6 is 8.53 Å². The van der Waals surface area contributed by atoms with E-state index < -0.39 is 8.53 Å². The standard InChI is InChI=1S/C20H28NO3P/c1-16(2)21(17(3)4)25(23-15-18-9-7-6-8-10-18)24-20-13-11-19(22-5)12-14-20/h6-14,16-17H,15H2,1-5H3. The van der Waals surface area contributed by atoms with E-state index in [9.17, 15) is 0 Å². The van der Waals surface area contributed by atoms with Crippen molar-refractivity contribution in [3.05, 3.63) is 60.2 Å². The van der Waals surface area contributed by atoms with Gasteiger partial charge in [-0.15, -0.1) is 0 Å². The quantitative estimate of drug-likeness (QED) is 0.541. The molecule has 0 saturated carbocycles. The molecule has 25 heavy (non-hydrogen) atoms. The summed E-state index contributed by atoms with van der Waals surface area (Å²) in [4.78, 5) is 0. The van der Waals surface area contributed by atoms with Crippen molar-refractivity contribution in [1.82, 2.24) is 4.67 Å². The van der Waals surface area contributed by atoms with E-state index in [0.717, 1.165) is 17.1 Å². The predicted octanol–water partition coefficient (Wildman–Crippen LogP) is 5.64. The van der Waals surface area contributed by atoms with Gasteiger partial charge in [0.15, 0.2) is 0 Å². The zero-order chi connectivity index (χ0) is 18.2. The number of nitrogens with zero attached hydrogens (tertiary/aromatic N) is 1. The molecule has 0 aromatic heterocycles. The average molecular weight is 361 g/mol. The van der Waals surface area contributed by atoms with E-state index in [2.05, 4.69) is 44.5 Å². The third-order valence-electron chi connectivity index (χ3n) is 3.67. The van der Waals surface area contributed by atoms with Crippen LogP contribution in [0.5, 0.6) is 11.5 Å². The van der Waals surface area contributed by atoms with E-state index in [1.54, 1.807) is 7.11 Å². The van der Waals surface area contributed by atoms with Crippen LogP contribution in [0.1, 0.15) is 33.3 Å². The topological polar surface area (TPSA) is 30.9 Å². The van der Waals surface area contributed by atoms with Crippen molar-refractivity contribution in [2.24, 2.45) is 0 Å². The van der Waals surface area contributed by atoms with Crippen LogP contribution in [0, 0.1) is 0 Å². The highest BCUT2D eigenvalue weighted by atomic mass is 31.2. The van der Waals surface area contributed by atoms with Gasteiger partial charge in [0.1, 0.15) is 11.5 Å². The highest BCUT2D eigenvalue weighted by Gasteiger charge is 2.28. The maximum atomic E-state index is 6.23. The van der Waals surface area contributed by atoms with Crippen molar-refractivity contribution in [3.63, 3.8) is 0 Å². The molecule has 5 heteroatoms. The van der Waals surface area contributed by atoms with Crippen LogP contribution in [-0.2, 0) is 11.1 Å². The minimum absolute atomic E-state index is 0.320. The van der Waals surface area contributed by atoms with Crippen molar-refractivity contribution >= 4 is 8.53 Å². The summed E-state index contributed by atoms with van der Waals surface area (Å²) in [5.74, 6) is 1.60. The molecule has 1 atom stereocenters. The van der Waals surface area contributed by atoms with E-state index in [1.165, 1.54) is 0 Å². The van der Waals surface area contributed by atoms with Gasteiger partial charge in [-0.1, -0.05) is 30.3 Å². The molecule has 0 aliphatic carbocycles. The summed E-state index contributed by atoms with van der Waals surface area (Å²) < 4.78 is 19.9. The molecule has 0 aliphatic heterocycles. The lowest BCUT2D eigenvalue weighted by Gasteiger charge is -2.35. The van der Waals surface area contributed by atoms with Gasteiger partial charge in [-0.2, -0.15) is 0 Å². The van der Waals surface area contributed by atoms with Gasteiger partial charge in [0.05, 0.1) is 13.7 Å². The lowest BCUT2D eigenvalue weighted by atomic mass is 10.2. The fraction of sp³-hybridized carbons (Fsp3) is 0.400. The Bertz CT molecular complexity index is 609. The van der Waals surface area contributed by atoms with Crippen LogP contribution in [0.2, 0.25) is 0 Å². The first-order valence-electron chi connectivity index (χ1n) is 8.58. The zero-order valence-electron chi connectivity index (χ0n) is 15.7. The normalized spacial score (nSPS) is 12.6. The smallest absolute Gasteiger partial charge is 0.321 e. The number of methoxy groups -OCH3 is 1. The molecule has 0 radical (unpaired) electrons. The molecular formula is C20H28NO3P. The molecule has 0 spiro atoms. The van der Waals surface area contributed by atoms with Gasteiger partial charge in [0.25, 0.3) is 0 Å². The van der Waals surface area contributed by atoms with E-state index in [4.69, 9.17) is 13.8 Å². The molecule has 0 aliphatic rings. The van der Waals surface area contributed by atoms with E-state index in [-0.39, 0.29) is 0 Å². The largest absolute Gasteiger partial charge is 0.497 e. The molecule has 0 fully saturated rings. The van der Waals surface area contributed by atoms with Gasteiger partial charge in [-0.25, -0.2) is 4.67 Å². The second kappa shape index (κ2) is 9.76. The second-order valence-electron chi connectivity index (χ2n) is 6.33. The average Bonchev–Trinajstić information content (AvgIpc) is 2.60. The first-order valence-corrected chi connectivity index (χ1v) is 9.71. The predicted molar refractivity (Wildman–Crippen MR) is 104 cm³/mol. The first-order chi connectivity index (χ1) is 12.0. The van der Waals surface area contributed by atoms with Crippen LogP contribution in [0.4, 0.5) is 0 Å². The number of hydrogen-bond donors (Lipinski definition) is 0. The third-order valence-corrected chi connectivity index (χ3v) is 5.69. The Kier molecular flexibility index (Phi) is 7.70. The maximum absolute atomic E-state index is 6.23. The number of benzene rings is 2. The fourth-order valence-corrected chi connectivity index (χ4v) is 4.14. The Balaban J connectivity index is 2.14. The summed E-state index contributed by atoms with van der Waals surface area (Å²) in [6, 6.07) is 18.4. The minimum Gasteiger partial charge on any atom is -0.497 e. The Morgan fingerprint density at radius 3 is 1.92 bits per heavy atom. The molecule has 2 rings (SSSR count). The molecule has 136 valence electrons. The van der Waals surface area contributed by atoms with Gasteiger partial charge in [-0.3, -0.25) is 0 Å². The lowest BCUT2D eigenvalue weighted by Crippen LogP contribution is -2.34.